The second-order valence-electron chi connectivity index (χ2n) is 12.7. The first kappa shape index (κ1) is 33.9. The molecule has 2 aliphatic carbocycles. The first-order chi connectivity index (χ1) is 22.2. The summed E-state index contributed by atoms with van der Waals surface area (Å²) in [5, 5.41) is 0. The highest BCUT2D eigenvalue weighted by molar-refractivity contribution is 5.68. The van der Waals surface area contributed by atoms with Crippen LogP contribution in [0.25, 0.3) is 16.7 Å². The average molecular weight is 641 g/mol. The Kier molecular flexibility index (Phi) is 11.3. The summed E-state index contributed by atoms with van der Waals surface area (Å²) in [5.41, 5.74) is 1.28. The topological polar surface area (TPSA) is 9.23 Å². The summed E-state index contributed by atoms with van der Waals surface area (Å²) >= 11 is 0. The Bertz CT molecular complexity index is 1580. The minimum Gasteiger partial charge on any atom is -0.491 e. The fraction of sp³-hybridized carbons (Fsp3) is 0.436. The average Bonchev–Trinajstić information content (AvgIpc) is 3.07. The van der Waals surface area contributed by atoms with Gasteiger partial charge in [0.15, 0.2) is 34.8 Å². The summed E-state index contributed by atoms with van der Waals surface area (Å²) < 4.78 is 94.2. The molecule has 1 saturated carbocycles. The van der Waals surface area contributed by atoms with Gasteiger partial charge in [0.05, 0.1) is 6.61 Å². The maximum Gasteiger partial charge on any atom is 0.201 e. The van der Waals surface area contributed by atoms with E-state index in [1.165, 1.54) is 24.3 Å². The highest BCUT2D eigenvalue weighted by atomic mass is 19.2. The van der Waals surface area contributed by atoms with E-state index in [9.17, 15) is 17.6 Å². The van der Waals surface area contributed by atoms with Gasteiger partial charge >= 0.3 is 0 Å². The fourth-order valence-corrected chi connectivity index (χ4v) is 7.16. The molecule has 3 aromatic rings. The number of benzene rings is 3. The molecule has 2 aliphatic rings. The second kappa shape index (κ2) is 15.4. The van der Waals surface area contributed by atoms with Crippen LogP contribution in [0.2, 0.25) is 0 Å². The van der Waals surface area contributed by atoms with E-state index in [2.05, 4.69) is 6.08 Å². The molecule has 1 nitrogen and oxygen atoms in total. The van der Waals surface area contributed by atoms with Crippen LogP contribution in [0.3, 0.4) is 0 Å². The molecular formula is C39H42F6O. The summed E-state index contributed by atoms with van der Waals surface area (Å²) in [5.74, 6) is -5.58. The van der Waals surface area contributed by atoms with Gasteiger partial charge < -0.3 is 4.74 Å². The van der Waals surface area contributed by atoms with Crippen molar-refractivity contribution in [1.29, 1.82) is 0 Å². The lowest BCUT2D eigenvalue weighted by Crippen LogP contribution is -2.16. The third kappa shape index (κ3) is 7.39. The molecule has 3 aromatic carbocycles. The number of allylic oxidation sites excluding steroid dienone is 4. The van der Waals surface area contributed by atoms with E-state index >= 15 is 8.78 Å². The zero-order valence-corrected chi connectivity index (χ0v) is 26.6. The van der Waals surface area contributed by atoms with E-state index in [0.29, 0.717) is 35.8 Å². The normalized spacial score (nSPS) is 20.3. The predicted molar refractivity (Wildman–Crippen MR) is 172 cm³/mol. The molecule has 1 fully saturated rings. The summed E-state index contributed by atoms with van der Waals surface area (Å²) in [6.45, 7) is 3.69. The van der Waals surface area contributed by atoms with Gasteiger partial charge in [0.2, 0.25) is 5.82 Å². The minimum atomic E-state index is -1.27. The molecule has 0 bridgehead atoms. The number of hydrogen-bond acceptors (Lipinski definition) is 1. The van der Waals surface area contributed by atoms with Crippen LogP contribution in [-0.4, -0.2) is 6.61 Å². The Morgan fingerprint density at radius 1 is 0.696 bits per heavy atom. The molecule has 0 N–H and O–H groups in total. The maximum absolute atomic E-state index is 15.3. The van der Waals surface area contributed by atoms with Crippen LogP contribution in [0.5, 0.6) is 5.75 Å². The SMILES string of the molecule is CC=CCCc1ccc(C2=CCC(CCC3CCC(c4ccc(-c5ccc(OCC)c(F)c5F)c(F)c4F)CC3)CC2)c(F)c1F. The van der Waals surface area contributed by atoms with Crippen molar-refractivity contribution >= 4 is 5.57 Å². The first-order valence-corrected chi connectivity index (χ1v) is 16.6. The smallest absolute Gasteiger partial charge is 0.201 e. The highest BCUT2D eigenvalue weighted by Crippen LogP contribution is 2.42. The molecule has 0 spiro atoms. The van der Waals surface area contributed by atoms with Gasteiger partial charge in [-0.25, -0.2) is 22.0 Å². The Morgan fingerprint density at radius 3 is 2.02 bits per heavy atom. The molecule has 0 saturated heterocycles. The van der Waals surface area contributed by atoms with Crippen LogP contribution in [0.15, 0.2) is 54.6 Å². The largest absolute Gasteiger partial charge is 0.491 e. The van der Waals surface area contributed by atoms with Crippen LogP contribution in [-0.2, 0) is 6.42 Å². The zero-order chi connectivity index (χ0) is 32.8. The van der Waals surface area contributed by atoms with Gasteiger partial charge in [-0.15, -0.1) is 0 Å². The van der Waals surface area contributed by atoms with Gasteiger partial charge in [-0.3, -0.25) is 0 Å². The fourth-order valence-electron chi connectivity index (χ4n) is 7.16. The lowest BCUT2D eigenvalue weighted by Gasteiger charge is -2.31. The monoisotopic (exact) mass is 640 g/mol. The van der Waals surface area contributed by atoms with Crippen molar-refractivity contribution in [3.05, 3.63) is 106 Å². The van der Waals surface area contributed by atoms with Crippen molar-refractivity contribution in [3.8, 4) is 16.9 Å². The molecule has 0 heterocycles. The molecule has 1 unspecified atom stereocenters. The molecule has 0 amide bonds. The number of aryl methyl sites for hydroxylation is 1. The molecule has 1 atom stereocenters. The number of halogens is 6. The van der Waals surface area contributed by atoms with Gasteiger partial charge in [0.1, 0.15) is 0 Å². The van der Waals surface area contributed by atoms with Crippen molar-refractivity contribution in [2.45, 2.75) is 90.4 Å². The van der Waals surface area contributed by atoms with E-state index in [0.717, 1.165) is 63.4 Å². The van der Waals surface area contributed by atoms with Gasteiger partial charge in [-0.2, -0.15) is 4.39 Å². The molecule has 46 heavy (non-hydrogen) atoms. The van der Waals surface area contributed by atoms with Gasteiger partial charge in [0.25, 0.3) is 0 Å². The second-order valence-corrected chi connectivity index (χ2v) is 12.7. The van der Waals surface area contributed by atoms with Gasteiger partial charge in [-0.05, 0) is 125 Å². The molecule has 7 heteroatoms. The molecule has 0 aliphatic heterocycles. The number of rotatable bonds is 11. The lowest BCUT2D eigenvalue weighted by atomic mass is 9.75. The van der Waals surface area contributed by atoms with Gasteiger partial charge in [0, 0.05) is 16.7 Å². The summed E-state index contributed by atoms with van der Waals surface area (Å²) in [7, 11) is 0. The van der Waals surface area contributed by atoms with Crippen molar-refractivity contribution in [3.63, 3.8) is 0 Å². The van der Waals surface area contributed by atoms with Crippen LogP contribution < -0.4 is 4.74 Å². The minimum absolute atomic E-state index is 0.133. The Labute approximate surface area is 268 Å². The Hall–Kier alpha value is -3.48. The first-order valence-electron chi connectivity index (χ1n) is 16.6. The highest BCUT2D eigenvalue weighted by Gasteiger charge is 2.29. The molecule has 246 valence electrons. The summed E-state index contributed by atoms with van der Waals surface area (Å²) in [4.78, 5) is 0. The van der Waals surface area contributed by atoms with Crippen LogP contribution in [0.4, 0.5) is 26.3 Å². The van der Waals surface area contributed by atoms with Crippen molar-refractivity contribution in [2.24, 2.45) is 11.8 Å². The van der Waals surface area contributed by atoms with Crippen LogP contribution in [0.1, 0.15) is 101 Å². The van der Waals surface area contributed by atoms with Crippen molar-refractivity contribution in [1.82, 2.24) is 0 Å². The predicted octanol–water partition coefficient (Wildman–Crippen LogP) is 12.0. The molecule has 5 rings (SSSR count). The van der Waals surface area contributed by atoms with Crippen LogP contribution in [0, 0.1) is 46.7 Å². The van der Waals surface area contributed by atoms with E-state index in [4.69, 9.17) is 4.74 Å². The quantitative estimate of drug-likeness (QED) is 0.150. The van der Waals surface area contributed by atoms with E-state index in [1.54, 1.807) is 19.1 Å². The molecule has 0 aromatic heterocycles. The Morgan fingerprint density at radius 2 is 1.35 bits per heavy atom. The maximum atomic E-state index is 15.3. The Balaban J connectivity index is 1.13. The summed E-state index contributed by atoms with van der Waals surface area (Å²) in [6.07, 6.45) is 14.9. The van der Waals surface area contributed by atoms with Crippen molar-refractivity contribution < 1.29 is 31.1 Å². The lowest BCUT2D eigenvalue weighted by molar-refractivity contribution is 0.278. The van der Waals surface area contributed by atoms with Gasteiger partial charge in [-0.1, -0.05) is 48.9 Å². The van der Waals surface area contributed by atoms with Crippen molar-refractivity contribution in [2.75, 3.05) is 6.61 Å². The zero-order valence-electron chi connectivity index (χ0n) is 26.6. The third-order valence-electron chi connectivity index (χ3n) is 9.86. The molecule has 0 radical (unpaired) electrons. The summed E-state index contributed by atoms with van der Waals surface area (Å²) in [6, 6.07) is 8.69. The van der Waals surface area contributed by atoms with Crippen LogP contribution >= 0.6 is 0 Å². The standard InChI is InChI=1S/C39H42F6O/c1-3-5-6-7-28-18-19-29(35(41)34(28)40)26-14-10-24(11-15-26)8-9-25-12-16-27(17-13-25)30-20-21-31(37(43)36(30)42)32-22-23-33(46-4-2)39(45)38(32)44/h3,5,14,18-25,27H,4,6-13,15-17H2,1-2H3. The molecular weight excluding hydrogens is 598 g/mol. The van der Waals surface area contributed by atoms with E-state index in [-0.39, 0.29) is 35.0 Å². The number of hydrogen-bond donors (Lipinski definition) is 0. The van der Waals surface area contributed by atoms with E-state index in [1.807, 2.05) is 19.1 Å². The number of ether oxygens (including phenoxy) is 1. The van der Waals surface area contributed by atoms with E-state index < -0.39 is 34.9 Å². The third-order valence-corrected chi connectivity index (χ3v) is 9.86.